The van der Waals surface area contributed by atoms with Gasteiger partial charge in [0.15, 0.2) is 6.10 Å². The predicted molar refractivity (Wildman–Crippen MR) is 201 cm³/mol. The third-order valence-corrected chi connectivity index (χ3v) is 11.6. The number of hydrogen-bond acceptors (Lipinski definition) is 11. The zero-order valence-electron chi connectivity index (χ0n) is 31.6. The molecular formula is C45H44O11. The van der Waals surface area contributed by atoms with Crippen molar-refractivity contribution in [1.29, 1.82) is 0 Å². The van der Waals surface area contributed by atoms with Crippen LogP contribution in [-0.4, -0.2) is 72.1 Å². The molecule has 2 aliphatic carbocycles. The SMILES string of the molecule is CC(=O)O[C@H]1[C@@H](OC(=O)c2ccccc2)C[C@@H](C)[C@]23OC(C)(C)[C@H](C[C@H](OC(=O)c4ccccc4)[C@]12COC(=O)c1ccccc1)[C@@H]3OC(=O)c1ccccc1. The molecule has 0 N–H and O–H groups in total. The molecule has 0 aromatic heterocycles. The molecular weight excluding hydrogens is 716 g/mol. The molecule has 1 saturated heterocycles. The quantitative estimate of drug-likeness (QED) is 0.121. The van der Waals surface area contributed by atoms with E-state index >= 15 is 0 Å². The van der Waals surface area contributed by atoms with E-state index in [2.05, 4.69) is 0 Å². The molecule has 3 fully saturated rings. The molecule has 0 unspecified atom stereocenters. The topological polar surface area (TPSA) is 141 Å². The van der Waals surface area contributed by atoms with E-state index in [9.17, 15) is 24.0 Å². The van der Waals surface area contributed by atoms with Gasteiger partial charge in [-0.25, -0.2) is 19.2 Å². The van der Waals surface area contributed by atoms with E-state index in [-0.39, 0.29) is 29.5 Å². The normalized spacial score (nSPS) is 28.5. The maximum atomic E-state index is 14.1. The van der Waals surface area contributed by atoms with E-state index in [0.717, 1.165) is 0 Å². The van der Waals surface area contributed by atoms with Crippen LogP contribution >= 0.6 is 0 Å². The zero-order chi connectivity index (χ0) is 39.7. The van der Waals surface area contributed by atoms with E-state index in [1.165, 1.54) is 6.92 Å². The van der Waals surface area contributed by atoms with Crippen LogP contribution in [0, 0.1) is 17.3 Å². The molecule has 1 spiro atoms. The Morgan fingerprint density at radius 2 is 1.04 bits per heavy atom. The monoisotopic (exact) mass is 760 g/mol. The minimum Gasteiger partial charge on any atom is -0.461 e. The lowest BCUT2D eigenvalue weighted by molar-refractivity contribution is -0.314. The summed E-state index contributed by atoms with van der Waals surface area (Å²) in [5.41, 5.74) is -3.43. The number of fused-ring (bicyclic) bond motifs is 1. The Kier molecular flexibility index (Phi) is 10.6. The largest absolute Gasteiger partial charge is 0.461 e. The lowest BCUT2D eigenvalue weighted by Gasteiger charge is -2.63. The minimum atomic E-state index is -1.82. The van der Waals surface area contributed by atoms with Gasteiger partial charge in [0.2, 0.25) is 0 Å². The molecule has 2 saturated carbocycles. The van der Waals surface area contributed by atoms with Gasteiger partial charge in [-0.3, -0.25) is 4.79 Å². The van der Waals surface area contributed by atoms with Gasteiger partial charge >= 0.3 is 29.8 Å². The Balaban J connectivity index is 1.44. The molecule has 0 radical (unpaired) electrons. The molecule has 3 aliphatic rings. The van der Waals surface area contributed by atoms with Gasteiger partial charge in [-0.15, -0.1) is 0 Å². The molecule has 290 valence electrons. The highest BCUT2D eigenvalue weighted by Crippen LogP contribution is 2.68. The highest BCUT2D eigenvalue weighted by Gasteiger charge is 2.83. The highest BCUT2D eigenvalue weighted by atomic mass is 16.6. The van der Waals surface area contributed by atoms with Crippen LogP contribution < -0.4 is 0 Å². The Hall–Kier alpha value is -5.81. The number of rotatable bonds is 10. The Labute approximate surface area is 325 Å². The van der Waals surface area contributed by atoms with Gasteiger partial charge in [0.05, 0.1) is 27.9 Å². The lowest BCUT2D eigenvalue weighted by Crippen LogP contribution is -2.78. The zero-order valence-corrected chi connectivity index (χ0v) is 31.6. The van der Waals surface area contributed by atoms with Crippen LogP contribution in [0.1, 0.15) is 82.0 Å². The van der Waals surface area contributed by atoms with Crippen molar-refractivity contribution in [2.75, 3.05) is 6.61 Å². The molecule has 11 heteroatoms. The maximum absolute atomic E-state index is 14.1. The average Bonchev–Trinajstić information content (AvgIpc) is 3.37. The van der Waals surface area contributed by atoms with Crippen molar-refractivity contribution >= 4 is 29.8 Å². The molecule has 8 atom stereocenters. The summed E-state index contributed by atoms with van der Waals surface area (Å²) in [6, 6.07) is 33.6. The second-order valence-corrected chi connectivity index (χ2v) is 15.3. The third kappa shape index (κ3) is 6.85. The molecule has 4 aromatic rings. The Bertz CT molecular complexity index is 2070. The smallest absolute Gasteiger partial charge is 0.338 e. The number of ether oxygens (including phenoxy) is 6. The van der Waals surface area contributed by atoms with Gasteiger partial charge in [-0.1, -0.05) is 79.7 Å². The van der Waals surface area contributed by atoms with Crippen LogP contribution in [0.2, 0.25) is 0 Å². The van der Waals surface area contributed by atoms with Crippen molar-refractivity contribution in [3.63, 3.8) is 0 Å². The van der Waals surface area contributed by atoms with Crippen LogP contribution in [0.3, 0.4) is 0 Å². The van der Waals surface area contributed by atoms with E-state index in [1.54, 1.807) is 121 Å². The summed E-state index contributed by atoms with van der Waals surface area (Å²) in [5, 5.41) is 0. The fraction of sp³-hybridized carbons (Fsp3) is 0.356. The van der Waals surface area contributed by atoms with Crippen molar-refractivity contribution in [2.45, 2.75) is 76.2 Å². The maximum Gasteiger partial charge on any atom is 0.338 e. The number of benzene rings is 4. The Morgan fingerprint density at radius 1 is 0.589 bits per heavy atom. The van der Waals surface area contributed by atoms with Gasteiger partial charge in [0.1, 0.15) is 35.9 Å². The summed E-state index contributed by atoms with van der Waals surface area (Å²) < 4.78 is 39.0. The first-order valence-corrected chi connectivity index (χ1v) is 18.7. The number of carbonyl (C=O) groups is 5. The molecule has 11 nitrogen and oxygen atoms in total. The van der Waals surface area contributed by atoms with Crippen molar-refractivity contribution in [3.8, 4) is 0 Å². The number of esters is 5. The first-order chi connectivity index (χ1) is 26.9. The molecule has 1 heterocycles. The average molecular weight is 761 g/mol. The van der Waals surface area contributed by atoms with E-state index in [4.69, 9.17) is 28.4 Å². The second kappa shape index (κ2) is 15.4. The lowest BCUT2D eigenvalue weighted by atomic mass is 9.47. The first-order valence-electron chi connectivity index (χ1n) is 18.7. The Morgan fingerprint density at radius 3 is 1.52 bits per heavy atom. The number of carbonyl (C=O) groups excluding carboxylic acids is 5. The highest BCUT2D eigenvalue weighted by molar-refractivity contribution is 5.91. The third-order valence-electron chi connectivity index (χ3n) is 11.6. The molecule has 2 bridgehead atoms. The van der Waals surface area contributed by atoms with Crippen molar-refractivity contribution in [3.05, 3.63) is 144 Å². The summed E-state index contributed by atoms with van der Waals surface area (Å²) in [5.74, 6) is -4.64. The van der Waals surface area contributed by atoms with Crippen LogP contribution in [0.5, 0.6) is 0 Å². The van der Waals surface area contributed by atoms with Gasteiger partial charge in [-0.2, -0.15) is 0 Å². The summed E-state index contributed by atoms with van der Waals surface area (Å²) in [6.45, 7) is 6.27. The molecule has 7 rings (SSSR count). The van der Waals surface area contributed by atoms with Crippen LogP contribution in [0.4, 0.5) is 0 Å². The van der Waals surface area contributed by atoms with Crippen molar-refractivity contribution in [2.24, 2.45) is 17.3 Å². The first kappa shape index (κ1) is 38.5. The molecule has 4 aromatic carbocycles. The van der Waals surface area contributed by atoms with E-state index < -0.39 is 89.3 Å². The van der Waals surface area contributed by atoms with E-state index in [1.807, 2.05) is 20.8 Å². The van der Waals surface area contributed by atoms with Gasteiger partial charge in [0.25, 0.3) is 0 Å². The van der Waals surface area contributed by atoms with Gasteiger partial charge in [0, 0.05) is 12.8 Å². The summed E-state index contributed by atoms with van der Waals surface area (Å²) in [7, 11) is 0. The summed E-state index contributed by atoms with van der Waals surface area (Å²) in [4.78, 5) is 69.2. The molecule has 56 heavy (non-hydrogen) atoms. The van der Waals surface area contributed by atoms with Crippen molar-refractivity contribution in [1.82, 2.24) is 0 Å². The molecule has 1 aliphatic heterocycles. The van der Waals surface area contributed by atoms with Gasteiger partial charge < -0.3 is 28.4 Å². The second-order valence-electron chi connectivity index (χ2n) is 15.3. The fourth-order valence-electron chi connectivity index (χ4n) is 9.15. The fourth-order valence-corrected chi connectivity index (χ4v) is 9.15. The summed E-state index contributed by atoms with van der Waals surface area (Å²) >= 11 is 0. The molecule has 0 amide bonds. The van der Waals surface area contributed by atoms with Crippen LogP contribution in [0.25, 0.3) is 0 Å². The summed E-state index contributed by atoms with van der Waals surface area (Å²) in [6.07, 6.45) is -4.71. The number of hydrogen-bond donors (Lipinski definition) is 0. The van der Waals surface area contributed by atoms with Gasteiger partial charge in [-0.05, 0) is 81.1 Å². The van der Waals surface area contributed by atoms with Crippen molar-refractivity contribution < 1.29 is 52.4 Å². The predicted octanol–water partition coefficient (Wildman–Crippen LogP) is 7.05. The minimum absolute atomic E-state index is 0.0345. The standard InChI is InChI=1S/C45H44O11/c1-28-25-35(53-40(48)31-19-11-6-12-20-31)38(52-29(2)46)44(27-51-39(47)30-17-9-5-10-18-30)36(54-41(49)32-21-13-7-14-22-32)26-34-37(45(28,44)56-43(34,3)4)55-42(50)33-23-15-8-16-24-33/h5-24,28,34-38H,25-27H2,1-4H3/t28-,34-,35+,36+,37+,38+,44-,45-/m1/s1. The van der Waals surface area contributed by atoms with Crippen LogP contribution in [-0.2, 0) is 33.2 Å². The van der Waals surface area contributed by atoms with E-state index in [0.29, 0.717) is 5.56 Å². The van der Waals surface area contributed by atoms with Crippen LogP contribution in [0.15, 0.2) is 121 Å².